The van der Waals surface area contributed by atoms with Crippen LogP contribution in [0.2, 0.25) is 0 Å². The highest BCUT2D eigenvalue weighted by molar-refractivity contribution is 5.77. The molecule has 0 heterocycles. The molecule has 86 valence electrons. The minimum Gasteiger partial charge on any atom is -0.490 e. The Kier molecular flexibility index (Phi) is 3.13. The second kappa shape index (κ2) is 4.56. The minimum absolute atomic E-state index is 0.219. The lowest BCUT2D eigenvalue weighted by atomic mass is 10.0. The molecule has 0 aliphatic heterocycles. The van der Waals surface area contributed by atoms with Crippen LogP contribution in [0.4, 0.5) is 0 Å². The Morgan fingerprint density at radius 3 is 2.81 bits per heavy atom. The van der Waals surface area contributed by atoms with Gasteiger partial charge in [0.05, 0.1) is 19.1 Å². The lowest BCUT2D eigenvalue weighted by Gasteiger charge is -2.11. The quantitative estimate of drug-likeness (QED) is 0.731. The Balaban J connectivity index is 2.10. The average Bonchev–Trinajstić information content (AvgIpc) is 3.11. The van der Waals surface area contributed by atoms with Crippen LogP contribution in [0.5, 0.6) is 5.75 Å². The first-order chi connectivity index (χ1) is 7.70. The molecule has 1 atom stereocenters. The zero-order valence-electron chi connectivity index (χ0n) is 9.60. The maximum Gasteiger partial charge on any atom is 0.312 e. The molecule has 1 aromatic rings. The van der Waals surface area contributed by atoms with E-state index < -0.39 is 0 Å². The van der Waals surface area contributed by atoms with E-state index in [1.807, 2.05) is 31.2 Å². The summed E-state index contributed by atoms with van der Waals surface area (Å²) in [7, 11) is 1.41. The van der Waals surface area contributed by atoms with E-state index in [-0.39, 0.29) is 11.9 Å². The Morgan fingerprint density at radius 2 is 2.19 bits per heavy atom. The highest BCUT2D eigenvalue weighted by Gasteiger charge is 2.24. The van der Waals surface area contributed by atoms with Gasteiger partial charge in [0.25, 0.3) is 0 Å². The molecule has 0 aromatic heterocycles. The van der Waals surface area contributed by atoms with Crippen LogP contribution in [0.25, 0.3) is 0 Å². The molecule has 3 nitrogen and oxygen atoms in total. The number of esters is 1. The predicted octanol–water partition coefficient (Wildman–Crippen LogP) is 2.50. The Labute approximate surface area is 95.4 Å². The lowest BCUT2D eigenvalue weighted by Crippen LogP contribution is -2.10. The summed E-state index contributed by atoms with van der Waals surface area (Å²) in [5.41, 5.74) is 0.935. The first-order valence-electron chi connectivity index (χ1n) is 5.55. The third-order valence-electron chi connectivity index (χ3n) is 2.74. The molecule has 0 amide bonds. The zero-order chi connectivity index (χ0) is 11.5. The van der Waals surface area contributed by atoms with E-state index in [1.165, 1.54) is 7.11 Å². The van der Waals surface area contributed by atoms with Crippen LogP contribution >= 0.6 is 0 Å². The molecule has 2 rings (SSSR count). The molecule has 1 aromatic carbocycles. The van der Waals surface area contributed by atoms with Crippen molar-refractivity contribution in [3.8, 4) is 5.75 Å². The summed E-state index contributed by atoms with van der Waals surface area (Å²) in [5.74, 6) is 0.382. The van der Waals surface area contributed by atoms with Gasteiger partial charge in [-0.05, 0) is 37.5 Å². The van der Waals surface area contributed by atoms with Gasteiger partial charge in [0.15, 0.2) is 0 Å². The van der Waals surface area contributed by atoms with Crippen LogP contribution in [0, 0.1) is 0 Å². The van der Waals surface area contributed by atoms with Gasteiger partial charge in [-0.3, -0.25) is 4.79 Å². The number of carbonyl (C=O) groups excluding carboxylic acids is 1. The van der Waals surface area contributed by atoms with Gasteiger partial charge in [0.1, 0.15) is 5.75 Å². The van der Waals surface area contributed by atoms with E-state index in [1.54, 1.807) is 0 Å². The number of rotatable bonds is 4. The van der Waals surface area contributed by atoms with Gasteiger partial charge in [-0.2, -0.15) is 0 Å². The van der Waals surface area contributed by atoms with Gasteiger partial charge < -0.3 is 9.47 Å². The van der Waals surface area contributed by atoms with Gasteiger partial charge in [0.2, 0.25) is 0 Å². The Morgan fingerprint density at radius 1 is 1.44 bits per heavy atom. The number of benzene rings is 1. The summed E-state index contributed by atoms with van der Waals surface area (Å²) in [6, 6.07) is 7.67. The Bertz CT molecular complexity index is 383. The molecule has 16 heavy (non-hydrogen) atoms. The molecule has 1 unspecified atom stereocenters. The summed E-state index contributed by atoms with van der Waals surface area (Å²) in [5, 5.41) is 0. The first-order valence-corrected chi connectivity index (χ1v) is 5.55. The van der Waals surface area contributed by atoms with Crippen molar-refractivity contribution in [1.29, 1.82) is 0 Å². The molecule has 0 saturated heterocycles. The van der Waals surface area contributed by atoms with Crippen LogP contribution < -0.4 is 4.74 Å². The fraction of sp³-hybridized carbons (Fsp3) is 0.462. The number of methoxy groups -OCH3 is 1. The normalized spacial score (nSPS) is 16.6. The summed E-state index contributed by atoms with van der Waals surface area (Å²) in [6.07, 6.45) is 2.65. The van der Waals surface area contributed by atoms with E-state index in [2.05, 4.69) is 0 Å². The van der Waals surface area contributed by atoms with E-state index in [0.717, 1.165) is 24.2 Å². The van der Waals surface area contributed by atoms with E-state index in [4.69, 9.17) is 9.47 Å². The van der Waals surface area contributed by atoms with E-state index >= 15 is 0 Å². The topological polar surface area (TPSA) is 35.5 Å². The third kappa shape index (κ3) is 2.54. The minimum atomic E-state index is -0.243. The van der Waals surface area contributed by atoms with Gasteiger partial charge in [-0.1, -0.05) is 12.1 Å². The lowest BCUT2D eigenvalue weighted by molar-refractivity contribution is -0.141. The average molecular weight is 220 g/mol. The predicted molar refractivity (Wildman–Crippen MR) is 60.5 cm³/mol. The summed E-state index contributed by atoms with van der Waals surface area (Å²) in [6.45, 7) is 1.84. The van der Waals surface area contributed by atoms with Crippen LogP contribution in [0.15, 0.2) is 24.3 Å². The molecule has 1 fully saturated rings. The van der Waals surface area contributed by atoms with E-state index in [9.17, 15) is 4.79 Å². The Hall–Kier alpha value is -1.51. The van der Waals surface area contributed by atoms with Crippen molar-refractivity contribution in [3.05, 3.63) is 29.8 Å². The van der Waals surface area contributed by atoms with Crippen LogP contribution in [-0.2, 0) is 9.53 Å². The highest BCUT2D eigenvalue weighted by Crippen LogP contribution is 2.28. The van der Waals surface area contributed by atoms with Crippen LogP contribution in [0.1, 0.15) is 31.2 Å². The van der Waals surface area contributed by atoms with Crippen molar-refractivity contribution in [1.82, 2.24) is 0 Å². The monoisotopic (exact) mass is 220 g/mol. The molecular weight excluding hydrogens is 204 g/mol. The van der Waals surface area contributed by atoms with Crippen molar-refractivity contribution in [2.75, 3.05) is 7.11 Å². The molecule has 1 aliphatic rings. The third-order valence-corrected chi connectivity index (χ3v) is 2.74. The molecule has 0 radical (unpaired) electrons. The van der Waals surface area contributed by atoms with Gasteiger partial charge in [-0.15, -0.1) is 0 Å². The van der Waals surface area contributed by atoms with Crippen LogP contribution in [-0.4, -0.2) is 19.2 Å². The second-order valence-electron chi connectivity index (χ2n) is 4.13. The maximum atomic E-state index is 11.4. The van der Waals surface area contributed by atoms with Gasteiger partial charge in [-0.25, -0.2) is 0 Å². The second-order valence-corrected chi connectivity index (χ2v) is 4.13. The molecule has 1 saturated carbocycles. The number of ether oxygens (including phenoxy) is 2. The SMILES string of the molecule is COC(=O)C(C)c1cccc(OC2CC2)c1. The van der Waals surface area contributed by atoms with Crippen molar-refractivity contribution >= 4 is 5.97 Å². The van der Waals surface area contributed by atoms with Crippen molar-refractivity contribution < 1.29 is 14.3 Å². The highest BCUT2D eigenvalue weighted by atomic mass is 16.5. The maximum absolute atomic E-state index is 11.4. The van der Waals surface area contributed by atoms with Gasteiger partial charge in [0, 0.05) is 0 Å². The first kappa shape index (κ1) is 11.0. The number of hydrogen-bond donors (Lipinski definition) is 0. The van der Waals surface area contributed by atoms with Crippen molar-refractivity contribution in [3.63, 3.8) is 0 Å². The fourth-order valence-electron chi connectivity index (χ4n) is 1.55. The summed E-state index contributed by atoms with van der Waals surface area (Å²) in [4.78, 5) is 11.4. The molecule has 3 heteroatoms. The fourth-order valence-corrected chi connectivity index (χ4v) is 1.55. The standard InChI is InChI=1S/C13H16O3/c1-9(13(14)15-2)10-4-3-5-12(8-10)16-11-6-7-11/h3-5,8-9,11H,6-7H2,1-2H3. The van der Waals surface area contributed by atoms with Gasteiger partial charge >= 0.3 is 5.97 Å². The zero-order valence-corrected chi connectivity index (χ0v) is 9.60. The molecule has 0 N–H and O–H groups in total. The van der Waals surface area contributed by atoms with Crippen molar-refractivity contribution in [2.45, 2.75) is 31.8 Å². The molecule has 1 aliphatic carbocycles. The molecule has 0 spiro atoms. The smallest absolute Gasteiger partial charge is 0.312 e. The number of hydrogen-bond acceptors (Lipinski definition) is 3. The molecular formula is C13H16O3. The summed E-state index contributed by atoms with van der Waals surface area (Å²) >= 11 is 0. The number of carbonyl (C=O) groups is 1. The molecule has 0 bridgehead atoms. The largest absolute Gasteiger partial charge is 0.490 e. The van der Waals surface area contributed by atoms with E-state index in [0.29, 0.717) is 6.10 Å². The summed E-state index contributed by atoms with van der Waals surface area (Å²) < 4.78 is 10.4. The van der Waals surface area contributed by atoms with Crippen LogP contribution in [0.3, 0.4) is 0 Å². The van der Waals surface area contributed by atoms with Crippen molar-refractivity contribution in [2.24, 2.45) is 0 Å².